The molecule has 0 saturated carbocycles. The molecule has 0 aliphatic heterocycles. The lowest BCUT2D eigenvalue weighted by Gasteiger charge is -2.09. The Labute approximate surface area is 108 Å². The predicted octanol–water partition coefficient (Wildman–Crippen LogP) is 3.65. The summed E-state index contributed by atoms with van der Waals surface area (Å²) in [5.41, 5.74) is 3.14. The Morgan fingerprint density at radius 2 is 1.61 bits per heavy atom. The second-order valence-electron chi connectivity index (χ2n) is 5.74. The van der Waals surface area contributed by atoms with Crippen LogP contribution in [0.25, 0.3) is 11.2 Å². The molecule has 0 radical (unpaired) electrons. The van der Waals surface area contributed by atoms with E-state index in [2.05, 4.69) is 67.5 Å². The van der Waals surface area contributed by atoms with Gasteiger partial charge in [0.15, 0.2) is 11.5 Å². The highest BCUT2D eigenvalue weighted by atomic mass is 15.2. The van der Waals surface area contributed by atoms with E-state index in [0.717, 1.165) is 17.0 Å². The summed E-state index contributed by atoms with van der Waals surface area (Å²) < 4.78 is 2.20. The zero-order valence-electron chi connectivity index (χ0n) is 12.1. The predicted molar refractivity (Wildman–Crippen MR) is 73.9 cm³/mol. The van der Waals surface area contributed by atoms with Gasteiger partial charge in [0, 0.05) is 23.7 Å². The summed E-state index contributed by atoms with van der Waals surface area (Å²) in [6.07, 6.45) is 2.17. The van der Waals surface area contributed by atoms with Crippen LogP contribution < -0.4 is 0 Å². The van der Waals surface area contributed by atoms with Crippen molar-refractivity contribution in [2.75, 3.05) is 0 Å². The number of rotatable bonds is 3. The van der Waals surface area contributed by atoms with Crippen LogP contribution >= 0.6 is 0 Å². The number of nitrogens with zero attached hydrogens (tertiary/aromatic N) is 4. The van der Waals surface area contributed by atoms with Crippen molar-refractivity contribution in [2.24, 2.45) is 0 Å². The van der Waals surface area contributed by atoms with Crippen molar-refractivity contribution < 1.29 is 0 Å². The van der Waals surface area contributed by atoms with Crippen LogP contribution in [0.15, 0.2) is 6.20 Å². The summed E-state index contributed by atoms with van der Waals surface area (Å²) in [5.74, 6) is 1.56. The summed E-state index contributed by atoms with van der Waals surface area (Å²) in [5, 5.41) is 8.64. The SMILES string of the molecule is CC(C)c1nnc2c(C(C)C)cn(C(C)C)c2n1. The molecule has 0 atom stereocenters. The van der Waals surface area contributed by atoms with Crippen LogP contribution in [0.2, 0.25) is 0 Å². The molecule has 0 bridgehead atoms. The van der Waals surface area contributed by atoms with Crippen LogP contribution in [0.5, 0.6) is 0 Å². The third-order valence-electron chi connectivity index (χ3n) is 3.18. The van der Waals surface area contributed by atoms with Gasteiger partial charge in [0.1, 0.15) is 5.52 Å². The topological polar surface area (TPSA) is 43.6 Å². The minimum Gasteiger partial charge on any atom is -0.328 e. The Bertz CT molecular complexity index is 552. The van der Waals surface area contributed by atoms with Gasteiger partial charge in [-0.25, -0.2) is 4.98 Å². The van der Waals surface area contributed by atoms with E-state index in [1.807, 2.05) is 0 Å². The molecule has 2 aromatic heterocycles. The van der Waals surface area contributed by atoms with Crippen LogP contribution in [0, 0.1) is 0 Å². The molecule has 2 aromatic rings. The molecule has 0 N–H and O–H groups in total. The largest absolute Gasteiger partial charge is 0.328 e. The van der Waals surface area contributed by atoms with Gasteiger partial charge in [-0.2, -0.15) is 0 Å². The molecule has 0 spiro atoms. The molecule has 0 saturated heterocycles. The maximum Gasteiger partial charge on any atom is 0.163 e. The minimum absolute atomic E-state index is 0.305. The Hall–Kier alpha value is -1.45. The van der Waals surface area contributed by atoms with Gasteiger partial charge in [0.05, 0.1) is 0 Å². The fraction of sp³-hybridized carbons (Fsp3) is 0.643. The molecular formula is C14H22N4. The van der Waals surface area contributed by atoms with Crippen LogP contribution in [0.4, 0.5) is 0 Å². The van der Waals surface area contributed by atoms with Crippen LogP contribution in [0.3, 0.4) is 0 Å². The molecule has 18 heavy (non-hydrogen) atoms. The summed E-state index contributed by atoms with van der Waals surface area (Å²) in [6.45, 7) is 12.9. The van der Waals surface area contributed by atoms with Gasteiger partial charge in [0.25, 0.3) is 0 Å². The van der Waals surface area contributed by atoms with E-state index in [1.54, 1.807) is 0 Å². The van der Waals surface area contributed by atoms with Gasteiger partial charge in [-0.15, -0.1) is 10.2 Å². The lowest BCUT2D eigenvalue weighted by atomic mass is 10.1. The fourth-order valence-corrected chi connectivity index (χ4v) is 2.03. The van der Waals surface area contributed by atoms with Crippen LogP contribution in [-0.2, 0) is 0 Å². The molecule has 2 heterocycles. The second kappa shape index (κ2) is 4.67. The van der Waals surface area contributed by atoms with E-state index in [4.69, 9.17) is 0 Å². The maximum atomic E-state index is 4.69. The van der Waals surface area contributed by atoms with E-state index in [0.29, 0.717) is 17.9 Å². The Kier molecular flexibility index (Phi) is 3.37. The first-order valence-electron chi connectivity index (χ1n) is 6.66. The zero-order valence-corrected chi connectivity index (χ0v) is 12.1. The highest BCUT2D eigenvalue weighted by Gasteiger charge is 2.17. The molecule has 0 unspecified atom stereocenters. The smallest absolute Gasteiger partial charge is 0.163 e. The molecule has 0 aliphatic carbocycles. The Morgan fingerprint density at radius 3 is 2.11 bits per heavy atom. The van der Waals surface area contributed by atoms with Gasteiger partial charge in [-0.05, 0) is 19.8 Å². The van der Waals surface area contributed by atoms with Gasteiger partial charge in [0.2, 0.25) is 0 Å². The normalized spacial score (nSPS) is 12.3. The third kappa shape index (κ3) is 2.11. The average Bonchev–Trinajstić information content (AvgIpc) is 2.67. The molecule has 98 valence electrons. The average molecular weight is 246 g/mol. The van der Waals surface area contributed by atoms with Crippen molar-refractivity contribution in [1.29, 1.82) is 0 Å². The van der Waals surface area contributed by atoms with Gasteiger partial charge in [-0.1, -0.05) is 27.7 Å². The van der Waals surface area contributed by atoms with E-state index >= 15 is 0 Å². The quantitative estimate of drug-likeness (QED) is 0.830. The number of hydrogen-bond acceptors (Lipinski definition) is 3. The van der Waals surface area contributed by atoms with Gasteiger partial charge in [-0.3, -0.25) is 0 Å². The van der Waals surface area contributed by atoms with Gasteiger partial charge < -0.3 is 4.57 Å². The lowest BCUT2D eigenvalue weighted by Crippen LogP contribution is -2.05. The Balaban J connectivity index is 2.71. The molecule has 2 rings (SSSR count). The van der Waals surface area contributed by atoms with Crippen molar-refractivity contribution in [1.82, 2.24) is 19.7 Å². The molecule has 0 amide bonds. The van der Waals surface area contributed by atoms with Crippen LogP contribution in [0.1, 0.15) is 70.8 Å². The van der Waals surface area contributed by atoms with E-state index in [-0.39, 0.29) is 0 Å². The number of aromatic nitrogens is 4. The van der Waals surface area contributed by atoms with E-state index in [1.165, 1.54) is 5.56 Å². The molecule has 4 heteroatoms. The summed E-state index contributed by atoms with van der Waals surface area (Å²) in [7, 11) is 0. The highest BCUT2D eigenvalue weighted by Crippen LogP contribution is 2.27. The standard InChI is InChI=1S/C14H22N4/c1-8(2)11-7-18(10(5)6)14-12(11)16-17-13(15-14)9(3)4/h7-10H,1-6H3. The Morgan fingerprint density at radius 1 is 0.944 bits per heavy atom. The maximum absolute atomic E-state index is 4.69. The van der Waals surface area contributed by atoms with Crippen molar-refractivity contribution >= 4 is 11.2 Å². The summed E-state index contributed by atoms with van der Waals surface area (Å²) in [4.78, 5) is 4.69. The first kappa shape index (κ1) is 13.0. The van der Waals surface area contributed by atoms with Crippen molar-refractivity contribution in [3.8, 4) is 0 Å². The van der Waals surface area contributed by atoms with Crippen LogP contribution in [-0.4, -0.2) is 19.7 Å². The zero-order chi connectivity index (χ0) is 13.4. The number of hydrogen-bond donors (Lipinski definition) is 0. The lowest BCUT2D eigenvalue weighted by molar-refractivity contribution is 0.610. The molecule has 0 aromatic carbocycles. The second-order valence-corrected chi connectivity index (χ2v) is 5.74. The first-order chi connectivity index (χ1) is 8.41. The fourth-order valence-electron chi connectivity index (χ4n) is 2.03. The number of fused-ring (bicyclic) bond motifs is 1. The van der Waals surface area contributed by atoms with Crippen molar-refractivity contribution in [2.45, 2.75) is 59.4 Å². The summed E-state index contributed by atoms with van der Waals surface area (Å²) >= 11 is 0. The first-order valence-corrected chi connectivity index (χ1v) is 6.66. The monoisotopic (exact) mass is 246 g/mol. The van der Waals surface area contributed by atoms with Crippen molar-refractivity contribution in [3.05, 3.63) is 17.6 Å². The van der Waals surface area contributed by atoms with Gasteiger partial charge >= 0.3 is 0 Å². The van der Waals surface area contributed by atoms with Crippen molar-refractivity contribution in [3.63, 3.8) is 0 Å². The minimum atomic E-state index is 0.305. The van der Waals surface area contributed by atoms with E-state index in [9.17, 15) is 0 Å². The molecular weight excluding hydrogens is 224 g/mol. The van der Waals surface area contributed by atoms with E-state index < -0.39 is 0 Å². The molecule has 0 aliphatic rings. The third-order valence-corrected chi connectivity index (χ3v) is 3.18. The highest BCUT2D eigenvalue weighted by molar-refractivity contribution is 5.76. The summed E-state index contributed by atoms with van der Waals surface area (Å²) in [6, 6.07) is 0.386. The molecule has 0 fully saturated rings. The molecule has 4 nitrogen and oxygen atoms in total.